The molecule has 2 heterocycles. The van der Waals surface area contributed by atoms with Crippen LogP contribution in [0.5, 0.6) is 0 Å². The first-order chi connectivity index (χ1) is 16.6. The highest BCUT2D eigenvalue weighted by atomic mass is 35.5. The molecule has 3 aromatic carbocycles. The monoisotopic (exact) mass is 473 g/mol. The van der Waals surface area contributed by atoms with Gasteiger partial charge in [-0.1, -0.05) is 60.1 Å². The molecule has 2 aromatic heterocycles. The van der Waals surface area contributed by atoms with Crippen molar-refractivity contribution in [2.24, 2.45) is 0 Å². The predicted octanol–water partition coefficient (Wildman–Crippen LogP) is 4.29. The minimum atomic E-state index is -0.674. The van der Waals surface area contributed by atoms with Crippen molar-refractivity contribution < 1.29 is 14.6 Å². The van der Waals surface area contributed by atoms with Crippen LogP contribution in [-0.2, 0) is 17.9 Å². The number of esters is 1. The van der Waals surface area contributed by atoms with E-state index in [-0.39, 0.29) is 19.0 Å². The molecule has 0 saturated carbocycles. The third-order valence-corrected chi connectivity index (χ3v) is 5.50. The lowest BCUT2D eigenvalue weighted by Crippen LogP contribution is -2.13. The fraction of sp³-hybridized carbons (Fsp3) is 0.120. The number of aliphatic hydroxyl groups excluding tert-OH is 1. The third kappa shape index (κ3) is 4.28. The molecule has 0 aliphatic carbocycles. The number of nitrogens with zero attached hydrogens (tertiary/aromatic N) is 5. The summed E-state index contributed by atoms with van der Waals surface area (Å²) in [7, 11) is 0. The smallest absolute Gasteiger partial charge is 0.378 e. The van der Waals surface area contributed by atoms with Gasteiger partial charge in [0.05, 0.1) is 23.3 Å². The molecule has 0 saturated heterocycles. The van der Waals surface area contributed by atoms with E-state index in [9.17, 15) is 9.90 Å². The first kappa shape index (κ1) is 21.8. The number of imidazole rings is 1. The number of para-hydroxylation sites is 1. The summed E-state index contributed by atoms with van der Waals surface area (Å²) in [6.07, 6.45) is 0. The Bertz CT molecular complexity index is 1390. The highest BCUT2D eigenvalue weighted by molar-refractivity contribution is 6.31. The minimum Gasteiger partial charge on any atom is -0.452 e. The van der Waals surface area contributed by atoms with Crippen LogP contribution < -0.4 is 0 Å². The number of fused-ring (bicyclic) bond motifs is 1. The molecule has 1 N–H and O–H groups in total. The molecule has 8 nitrogen and oxygen atoms in total. The van der Waals surface area contributed by atoms with E-state index in [2.05, 4.69) is 15.1 Å². The molecule has 0 aliphatic rings. The number of rotatable bonds is 7. The molecule has 5 rings (SSSR count). The Balaban J connectivity index is 1.45. The standard InChI is InChI=1S/C25H20ClN5O3/c26-18-11-12-20-21(15-18)30(13-14-32)22(27-20)16-34-25(33)23-28-24(17-7-3-1-4-8-17)31(29-23)19-9-5-2-6-10-19/h1-12,15,32H,13-14,16H2. The Hall–Kier alpha value is -4.01. The van der Waals surface area contributed by atoms with Gasteiger partial charge in [0.2, 0.25) is 0 Å². The molecular weight excluding hydrogens is 454 g/mol. The second-order valence-electron chi connectivity index (χ2n) is 7.48. The Morgan fingerprint density at radius 2 is 1.71 bits per heavy atom. The van der Waals surface area contributed by atoms with Gasteiger partial charge in [-0.15, -0.1) is 5.10 Å². The van der Waals surface area contributed by atoms with Crippen molar-refractivity contribution in [1.82, 2.24) is 24.3 Å². The van der Waals surface area contributed by atoms with Crippen molar-refractivity contribution in [3.63, 3.8) is 0 Å². The zero-order valence-corrected chi connectivity index (χ0v) is 18.8. The quantitative estimate of drug-likeness (QED) is 0.354. The maximum atomic E-state index is 12.9. The summed E-state index contributed by atoms with van der Waals surface area (Å²) in [6, 6.07) is 24.3. The Morgan fingerprint density at radius 1 is 0.971 bits per heavy atom. The second kappa shape index (κ2) is 9.46. The average molecular weight is 474 g/mol. The summed E-state index contributed by atoms with van der Waals surface area (Å²) in [4.78, 5) is 21.9. The molecule has 0 amide bonds. The molecule has 0 bridgehead atoms. The lowest BCUT2D eigenvalue weighted by Gasteiger charge is -2.07. The predicted molar refractivity (Wildman–Crippen MR) is 128 cm³/mol. The van der Waals surface area contributed by atoms with Gasteiger partial charge in [0.25, 0.3) is 5.82 Å². The van der Waals surface area contributed by atoms with Crippen molar-refractivity contribution in [2.45, 2.75) is 13.2 Å². The lowest BCUT2D eigenvalue weighted by atomic mass is 10.2. The highest BCUT2D eigenvalue weighted by Gasteiger charge is 2.21. The van der Waals surface area contributed by atoms with Gasteiger partial charge in [0.1, 0.15) is 12.4 Å². The van der Waals surface area contributed by atoms with Crippen LogP contribution in [-0.4, -0.2) is 42.0 Å². The summed E-state index contributed by atoms with van der Waals surface area (Å²) in [5.41, 5.74) is 3.04. The van der Waals surface area contributed by atoms with E-state index in [4.69, 9.17) is 16.3 Å². The Morgan fingerprint density at radius 3 is 2.44 bits per heavy atom. The van der Waals surface area contributed by atoms with Crippen molar-refractivity contribution >= 4 is 28.6 Å². The van der Waals surface area contributed by atoms with Crippen LogP contribution in [0.15, 0.2) is 78.9 Å². The van der Waals surface area contributed by atoms with Crippen LogP contribution in [0.2, 0.25) is 5.02 Å². The number of ether oxygens (including phenoxy) is 1. The van der Waals surface area contributed by atoms with Gasteiger partial charge >= 0.3 is 5.97 Å². The Labute approximate surface area is 200 Å². The average Bonchev–Trinajstić information content (AvgIpc) is 3.46. The van der Waals surface area contributed by atoms with Crippen LogP contribution in [0.3, 0.4) is 0 Å². The van der Waals surface area contributed by atoms with E-state index >= 15 is 0 Å². The molecule has 0 spiro atoms. The maximum Gasteiger partial charge on any atom is 0.378 e. The Kier molecular flexibility index (Phi) is 6.07. The van der Waals surface area contributed by atoms with Gasteiger partial charge in [-0.25, -0.2) is 19.4 Å². The van der Waals surface area contributed by atoms with E-state index in [0.717, 1.165) is 16.8 Å². The van der Waals surface area contributed by atoms with Crippen LogP contribution in [0.25, 0.3) is 28.1 Å². The fourth-order valence-electron chi connectivity index (χ4n) is 3.72. The summed E-state index contributed by atoms with van der Waals surface area (Å²) in [5.74, 6) is 0.287. The first-order valence-corrected chi connectivity index (χ1v) is 11.0. The molecule has 9 heteroatoms. The zero-order chi connectivity index (χ0) is 23.5. The summed E-state index contributed by atoms with van der Waals surface area (Å²) in [6.45, 7) is 0.0941. The SMILES string of the molecule is O=C(OCc1nc2ccc(Cl)cc2n1CCO)c1nc(-c2ccccc2)n(-c2ccccc2)n1. The van der Waals surface area contributed by atoms with Crippen LogP contribution in [0.1, 0.15) is 16.4 Å². The number of hydrogen-bond donors (Lipinski definition) is 1. The van der Waals surface area contributed by atoms with E-state index in [1.807, 2.05) is 60.7 Å². The third-order valence-electron chi connectivity index (χ3n) is 5.27. The first-order valence-electron chi connectivity index (χ1n) is 10.6. The van der Waals surface area contributed by atoms with E-state index in [1.165, 1.54) is 0 Å². The number of benzene rings is 3. The fourth-order valence-corrected chi connectivity index (χ4v) is 3.89. The van der Waals surface area contributed by atoms with Gasteiger partial charge in [-0.3, -0.25) is 0 Å². The van der Waals surface area contributed by atoms with E-state index in [0.29, 0.717) is 28.7 Å². The van der Waals surface area contributed by atoms with Gasteiger partial charge in [-0.05, 0) is 30.3 Å². The molecule has 0 atom stereocenters. The van der Waals surface area contributed by atoms with Crippen molar-refractivity contribution in [3.05, 3.63) is 95.5 Å². The molecule has 0 unspecified atom stereocenters. The highest BCUT2D eigenvalue weighted by Crippen LogP contribution is 2.23. The number of aliphatic hydroxyl groups is 1. The van der Waals surface area contributed by atoms with Crippen molar-refractivity contribution in [3.8, 4) is 17.1 Å². The number of aromatic nitrogens is 5. The van der Waals surface area contributed by atoms with E-state index < -0.39 is 5.97 Å². The van der Waals surface area contributed by atoms with Crippen molar-refractivity contribution in [2.75, 3.05) is 6.61 Å². The maximum absolute atomic E-state index is 12.9. The molecule has 0 fully saturated rings. The van der Waals surface area contributed by atoms with Gasteiger partial charge in [0, 0.05) is 17.1 Å². The minimum absolute atomic E-state index is 0.0597. The molecule has 0 radical (unpaired) electrons. The molecule has 34 heavy (non-hydrogen) atoms. The van der Waals surface area contributed by atoms with Gasteiger partial charge in [0.15, 0.2) is 5.82 Å². The summed E-state index contributed by atoms with van der Waals surface area (Å²) >= 11 is 6.12. The van der Waals surface area contributed by atoms with Crippen LogP contribution in [0, 0.1) is 0 Å². The van der Waals surface area contributed by atoms with Crippen LogP contribution >= 0.6 is 11.6 Å². The zero-order valence-electron chi connectivity index (χ0n) is 18.0. The molecule has 170 valence electrons. The summed E-state index contributed by atoms with van der Waals surface area (Å²) in [5, 5.41) is 14.5. The number of carbonyl (C=O) groups is 1. The number of halogens is 1. The van der Waals surface area contributed by atoms with Crippen molar-refractivity contribution in [1.29, 1.82) is 0 Å². The second-order valence-corrected chi connectivity index (χ2v) is 7.92. The van der Waals surface area contributed by atoms with Gasteiger partial charge < -0.3 is 14.4 Å². The van der Waals surface area contributed by atoms with E-state index in [1.54, 1.807) is 27.4 Å². The number of carbonyl (C=O) groups excluding carboxylic acids is 1. The normalized spacial score (nSPS) is 11.1. The van der Waals surface area contributed by atoms with Crippen LogP contribution in [0.4, 0.5) is 0 Å². The largest absolute Gasteiger partial charge is 0.452 e. The molecule has 5 aromatic rings. The lowest BCUT2D eigenvalue weighted by molar-refractivity contribution is 0.0443. The molecule has 0 aliphatic heterocycles. The van der Waals surface area contributed by atoms with Gasteiger partial charge in [-0.2, -0.15) is 0 Å². The number of hydrogen-bond acceptors (Lipinski definition) is 6. The summed E-state index contributed by atoms with van der Waals surface area (Å²) < 4.78 is 8.92. The molecular formula is C25H20ClN5O3. The topological polar surface area (TPSA) is 95.1 Å².